The summed E-state index contributed by atoms with van der Waals surface area (Å²) in [5.41, 5.74) is 6.04. The Labute approximate surface area is 101 Å². The van der Waals surface area contributed by atoms with Crippen LogP contribution < -0.4 is 5.73 Å². The number of benzene rings is 1. The van der Waals surface area contributed by atoms with Gasteiger partial charge in [-0.15, -0.1) is 0 Å². The van der Waals surface area contributed by atoms with Crippen molar-refractivity contribution in [1.29, 1.82) is 0 Å². The third kappa shape index (κ3) is 3.48. The molecule has 0 aliphatic rings. The largest absolute Gasteiger partial charge is 0.409 e. The third-order valence-corrected chi connectivity index (χ3v) is 2.64. The lowest BCUT2D eigenvalue weighted by Gasteiger charge is -2.24. The molecule has 1 unspecified atom stereocenters. The van der Waals surface area contributed by atoms with Crippen LogP contribution in [-0.4, -0.2) is 34.9 Å². The molecule has 0 fully saturated rings. The van der Waals surface area contributed by atoms with Crippen molar-refractivity contribution in [3.63, 3.8) is 0 Å². The Morgan fingerprint density at radius 1 is 1.47 bits per heavy atom. The van der Waals surface area contributed by atoms with Gasteiger partial charge in [0.15, 0.2) is 0 Å². The van der Waals surface area contributed by atoms with Crippen LogP contribution in [-0.2, 0) is 0 Å². The fraction of sp³-hybridized carbons (Fsp3) is 0.333. The summed E-state index contributed by atoms with van der Waals surface area (Å²) in [5.74, 6) is 0.0362. The molecule has 3 N–H and O–H groups in total. The van der Waals surface area contributed by atoms with Crippen molar-refractivity contribution >= 4 is 11.7 Å². The molecule has 0 bridgehead atoms. The molecule has 0 saturated carbocycles. The van der Waals surface area contributed by atoms with Gasteiger partial charge >= 0.3 is 0 Å². The Morgan fingerprint density at radius 2 is 2.06 bits per heavy atom. The maximum Gasteiger partial charge on any atom is 0.253 e. The molecule has 17 heavy (non-hydrogen) atoms. The fourth-order valence-electron chi connectivity index (χ4n) is 1.46. The van der Waals surface area contributed by atoms with Crippen molar-refractivity contribution in [2.45, 2.75) is 19.4 Å². The molecule has 92 valence electrons. The van der Waals surface area contributed by atoms with Gasteiger partial charge in [0.25, 0.3) is 5.91 Å². The maximum absolute atomic E-state index is 12.0. The average molecular weight is 235 g/mol. The first-order valence-corrected chi connectivity index (χ1v) is 5.35. The lowest BCUT2D eigenvalue weighted by atomic mass is 10.1. The van der Waals surface area contributed by atoms with Crippen molar-refractivity contribution in [3.05, 3.63) is 35.9 Å². The zero-order chi connectivity index (χ0) is 12.8. The standard InChI is InChI=1S/C12H17N3O2/c1-9(8-11(13)14-17)15(2)12(16)10-6-4-3-5-7-10/h3-7,9,17H,8H2,1-2H3,(H2,13,14). The van der Waals surface area contributed by atoms with Crippen LogP contribution in [0.4, 0.5) is 0 Å². The normalized spacial score (nSPS) is 13.2. The van der Waals surface area contributed by atoms with Crippen molar-refractivity contribution in [3.8, 4) is 0 Å². The molecule has 1 aromatic rings. The first-order valence-electron chi connectivity index (χ1n) is 5.35. The molecule has 0 saturated heterocycles. The van der Waals surface area contributed by atoms with E-state index < -0.39 is 0 Å². The van der Waals surface area contributed by atoms with E-state index in [1.165, 1.54) is 0 Å². The number of hydrogen-bond donors (Lipinski definition) is 2. The molecule has 1 rings (SSSR count). The molecule has 0 heterocycles. The summed E-state index contributed by atoms with van der Waals surface area (Å²) in [6.07, 6.45) is 0.339. The molecule has 0 spiro atoms. The van der Waals surface area contributed by atoms with Gasteiger partial charge in [-0.3, -0.25) is 4.79 Å². The second-order valence-electron chi connectivity index (χ2n) is 3.93. The summed E-state index contributed by atoms with van der Waals surface area (Å²) in [4.78, 5) is 13.6. The molecule has 0 aromatic heterocycles. The number of hydrogen-bond acceptors (Lipinski definition) is 3. The molecule has 5 heteroatoms. The average Bonchev–Trinajstić information content (AvgIpc) is 2.37. The van der Waals surface area contributed by atoms with Crippen LogP contribution in [0.25, 0.3) is 0 Å². The molecule has 0 radical (unpaired) electrons. The van der Waals surface area contributed by atoms with Crippen LogP contribution in [0, 0.1) is 0 Å². The summed E-state index contributed by atoms with van der Waals surface area (Å²) in [6.45, 7) is 1.85. The summed E-state index contributed by atoms with van der Waals surface area (Å²) in [5, 5.41) is 11.4. The molecular weight excluding hydrogens is 218 g/mol. The zero-order valence-corrected chi connectivity index (χ0v) is 10.00. The van der Waals surface area contributed by atoms with E-state index in [1.54, 1.807) is 24.1 Å². The van der Waals surface area contributed by atoms with Crippen molar-refractivity contribution in [2.75, 3.05) is 7.05 Å². The molecule has 0 aliphatic heterocycles. The van der Waals surface area contributed by atoms with Gasteiger partial charge in [-0.2, -0.15) is 0 Å². The highest BCUT2D eigenvalue weighted by Gasteiger charge is 2.18. The molecule has 1 aromatic carbocycles. The summed E-state index contributed by atoms with van der Waals surface area (Å²) in [6, 6.07) is 8.88. The van der Waals surface area contributed by atoms with Gasteiger partial charge in [0, 0.05) is 25.1 Å². The first-order chi connectivity index (χ1) is 8.06. The minimum atomic E-state index is -0.126. The highest BCUT2D eigenvalue weighted by molar-refractivity contribution is 5.94. The van der Waals surface area contributed by atoms with Crippen molar-refractivity contribution < 1.29 is 10.0 Å². The smallest absolute Gasteiger partial charge is 0.253 e. The van der Waals surface area contributed by atoms with Crippen LogP contribution >= 0.6 is 0 Å². The van der Waals surface area contributed by atoms with E-state index >= 15 is 0 Å². The number of amides is 1. The van der Waals surface area contributed by atoms with Crippen LogP contribution in [0.5, 0.6) is 0 Å². The van der Waals surface area contributed by atoms with E-state index in [9.17, 15) is 4.79 Å². The van der Waals surface area contributed by atoms with E-state index in [2.05, 4.69) is 5.16 Å². The number of carbonyl (C=O) groups excluding carboxylic acids is 1. The van der Waals surface area contributed by atoms with E-state index in [1.807, 2.05) is 25.1 Å². The molecule has 1 atom stereocenters. The van der Waals surface area contributed by atoms with Crippen molar-refractivity contribution in [2.24, 2.45) is 10.9 Å². The predicted molar refractivity (Wildman–Crippen MR) is 66.0 cm³/mol. The topological polar surface area (TPSA) is 78.9 Å². The number of nitrogens with two attached hydrogens (primary N) is 1. The molecule has 0 aliphatic carbocycles. The summed E-state index contributed by atoms with van der Waals surface area (Å²) in [7, 11) is 1.70. The number of nitrogens with zero attached hydrogens (tertiary/aromatic N) is 2. The minimum absolute atomic E-state index is 0.0798. The molecule has 5 nitrogen and oxygen atoms in total. The van der Waals surface area contributed by atoms with Gasteiger partial charge in [-0.05, 0) is 19.1 Å². The Morgan fingerprint density at radius 3 is 2.59 bits per heavy atom. The number of amidine groups is 1. The second-order valence-corrected chi connectivity index (χ2v) is 3.93. The lowest BCUT2D eigenvalue weighted by Crippen LogP contribution is -2.37. The Balaban J connectivity index is 2.70. The SMILES string of the molecule is CC(C/C(N)=N/O)N(C)C(=O)c1ccccc1. The van der Waals surface area contributed by atoms with Crippen LogP contribution in [0.15, 0.2) is 35.5 Å². The predicted octanol–water partition coefficient (Wildman–Crippen LogP) is 1.28. The number of rotatable bonds is 4. The summed E-state index contributed by atoms with van der Waals surface area (Å²) < 4.78 is 0. The lowest BCUT2D eigenvalue weighted by molar-refractivity contribution is 0.0747. The van der Waals surface area contributed by atoms with E-state index in [-0.39, 0.29) is 17.8 Å². The highest BCUT2D eigenvalue weighted by atomic mass is 16.4. The van der Waals surface area contributed by atoms with Gasteiger partial charge < -0.3 is 15.8 Å². The van der Waals surface area contributed by atoms with E-state index in [4.69, 9.17) is 10.9 Å². The summed E-state index contributed by atoms with van der Waals surface area (Å²) >= 11 is 0. The van der Waals surface area contributed by atoms with E-state index in [0.717, 1.165) is 0 Å². The minimum Gasteiger partial charge on any atom is -0.409 e. The van der Waals surface area contributed by atoms with Crippen LogP contribution in [0.1, 0.15) is 23.7 Å². The maximum atomic E-state index is 12.0. The van der Waals surface area contributed by atoms with Crippen LogP contribution in [0.3, 0.4) is 0 Å². The highest BCUT2D eigenvalue weighted by Crippen LogP contribution is 2.08. The second kappa shape index (κ2) is 5.89. The third-order valence-electron chi connectivity index (χ3n) is 2.64. The van der Waals surface area contributed by atoms with Gasteiger partial charge in [-0.25, -0.2) is 0 Å². The van der Waals surface area contributed by atoms with Crippen molar-refractivity contribution in [1.82, 2.24) is 4.90 Å². The fourth-order valence-corrected chi connectivity index (χ4v) is 1.46. The monoisotopic (exact) mass is 235 g/mol. The van der Waals surface area contributed by atoms with Gasteiger partial charge in [-0.1, -0.05) is 23.4 Å². The number of carbonyl (C=O) groups is 1. The zero-order valence-electron chi connectivity index (χ0n) is 10.00. The first kappa shape index (κ1) is 13.0. The molecular formula is C12H17N3O2. The van der Waals surface area contributed by atoms with Gasteiger partial charge in [0.2, 0.25) is 0 Å². The molecule has 1 amide bonds. The van der Waals surface area contributed by atoms with E-state index in [0.29, 0.717) is 12.0 Å². The van der Waals surface area contributed by atoms with Crippen LogP contribution in [0.2, 0.25) is 0 Å². The van der Waals surface area contributed by atoms with Gasteiger partial charge in [0.1, 0.15) is 5.84 Å². The Hall–Kier alpha value is -2.04. The van der Waals surface area contributed by atoms with Gasteiger partial charge in [0.05, 0.1) is 0 Å². The number of oxime groups is 1. The quantitative estimate of drug-likeness (QED) is 0.357. The Bertz CT molecular complexity index is 403. The Kier molecular flexibility index (Phi) is 4.51.